The van der Waals surface area contributed by atoms with Gasteiger partial charge in [-0.3, -0.25) is 9.10 Å². The lowest BCUT2D eigenvalue weighted by atomic mass is 10.0. The first-order valence-corrected chi connectivity index (χ1v) is 14.0. The zero-order valence-electron chi connectivity index (χ0n) is 21.6. The molecule has 0 fully saturated rings. The maximum absolute atomic E-state index is 13.5. The molecule has 0 unspecified atom stereocenters. The van der Waals surface area contributed by atoms with Gasteiger partial charge in [0.1, 0.15) is 12.3 Å². The summed E-state index contributed by atoms with van der Waals surface area (Å²) in [7, 11) is -3.98. The number of nitrogens with one attached hydrogen (secondary N) is 1. The Morgan fingerprint density at radius 2 is 1.65 bits per heavy atom. The maximum Gasteiger partial charge on any atom is 0.264 e. The van der Waals surface area contributed by atoms with Crippen molar-refractivity contribution >= 4 is 27.8 Å². The third kappa shape index (κ3) is 7.92. The summed E-state index contributed by atoms with van der Waals surface area (Å²) in [6.45, 7) is 6.44. The number of benzene rings is 3. The first-order valence-electron chi connectivity index (χ1n) is 12.5. The van der Waals surface area contributed by atoms with Gasteiger partial charge in [-0.05, 0) is 54.3 Å². The van der Waals surface area contributed by atoms with Gasteiger partial charge in [0.15, 0.2) is 0 Å². The average molecular weight is 522 g/mol. The zero-order valence-corrected chi connectivity index (χ0v) is 22.4. The number of hydrazone groups is 1. The van der Waals surface area contributed by atoms with Gasteiger partial charge in [-0.1, -0.05) is 76.1 Å². The number of sulfonamides is 1. The maximum atomic E-state index is 13.5. The summed E-state index contributed by atoms with van der Waals surface area (Å²) in [6.07, 6.45) is 4.66. The first-order chi connectivity index (χ1) is 17.8. The van der Waals surface area contributed by atoms with Gasteiger partial charge in [-0.15, -0.1) is 0 Å². The largest absolute Gasteiger partial charge is 0.493 e. The average Bonchev–Trinajstić information content (AvgIpc) is 2.91. The van der Waals surface area contributed by atoms with Crippen LogP contribution < -0.4 is 14.5 Å². The van der Waals surface area contributed by atoms with Crippen LogP contribution in [0.2, 0.25) is 0 Å². The van der Waals surface area contributed by atoms with Crippen LogP contribution >= 0.6 is 0 Å². The van der Waals surface area contributed by atoms with Crippen LogP contribution in [0.3, 0.4) is 0 Å². The number of para-hydroxylation sites is 1. The summed E-state index contributed by atoms with van der Waals surface area (Å²) in [4.78, 5) is 12.9. The Balaban J connectivity index is 1.76. The molecule has 1 N–H and O–H groups in total. The molecule has 3 aromatic rings. The Bertz CT molecular complexity index is 1270. The lowest BCUT2D eigenvalue weighted by Gasteiger charge is -2.24. The van der Waals surface area contributed by atoms with Crippen molar-refractivity contribution < 1.29 is 17.9 Å². The number of unbranched alkanes of at least 4 members (excludes halogenated alkanes) is 2. The molecule has 0 atom stereocenters. The Hall–Kier alpha value is -3.65. The Morgan fingerprint density at radius 1 is 0.973 bits per heavy atom. The van der Waals surface area contributed by atoms with E-state index in [1.807, 2.05) is 36.4 Å². The molecule has 0 aromatic heterocycles. The smallest absolute Gasteiger partial charge is 0.264 e. The van der Waals surface area contributed by atoms with Crippen molar-refractivity contribution in [2.45, 2.75) is 50.8 Å². The monoisotopic (exact) mass is 521 g/mol. The topological polar surface area (TPSA) is 88.1 Å². The molecule has 0 heterocycles. The van der Waals surface area contributed by atoms with Crippen LogP contribution in [0, 0.1) is 0 Å². The van der Waals surface area contributed by atoms with Crippen molar-refractivity contribution in [1.29, 1.82) is 0 Å². The van der Waals surface area contributed by atoms with Gasteiger partial charge >= 0.3 is 0 Å². The van der Waals surface area contributed by atoms with E-state index in [0.29, 0.717) is 24.0 Å². The zero-order chi connectivity index (χ0) is 26.7. The van der Waals surface area contributed by atoms with Crippen molar-refractivity contribution in [3.05, 3.63) is 90.0 Å². The molecule has 0 radical (unpaired) electrons. The number of anilines is 1. The van der Waals surface area contributed by atoms with Crippen LogP contribution in [0.5, 0.6) is 5.75 Å². The highest BCUT2D eigenvalue weighted by Gasteiger charge is 2.27. The lowest BCUT2D eigenvalue weighted by molar-refractivity contribution is -0.119. The van der Waals surface area contributed by atoms with Crippen LogP contribution in [0.4, 0.5) is 5.69 Å². The molecule has 0 aliphatic carbocycles. The van der Waals surface area contributed by atoms with Gasteiger partial charge in [-0.2, -0.15) is 5.10 Å². The fraction of sp³-hybridized carbons (Fsp3) is 0.310. The van der Waals surface area contributed by atoms with Gasteiger partial charge in [-0.25, -0.2) is 13.8 Å². The second-order valence-corrected chi connectivity index (χ2v) is 10.8. The van der Waals surface area contributed by atoms with Crippen LogP contribution in [0.25, 0.3) is 0 Å². The van der Waals surface area contributed by atoms with E-state index in [1.54, 1.807) is 30.3 Å². The molecular formula is C29H35N3O4S. The van der Waals surface area contributed by atoms with Crippen LogP contribution in [0.15, 0.2) is 88.9 Å². The van der Waals surface area contributed by atoms with E-state index in [-0.39, 0.29) is 4.90 Å². The van der Waals surface area contributed by atoms with Gasteiger partial charge in [0.25, 0.3) is 15.9 Å². The number of rotatable bonds is 13. The van der Waals surface area contributed by atoms with Gasteiger partial charge in [0, 0.05) is 5.56 Å². The third-order valence-electron chi connectivity index (χ3n) is 5.78. The minimum atomic E-state index is -3.98. The number of hydrogen-bond acceptors (Lipinski definition) is 5. The predicted octanol–water partition coefficient (Wildman–Crippen LogP) is 5.72. The molecule has 0 bridgehead atoms. The summed E-state index contributed by atoms with van der Waals surface area (Å²) in [5.41, 5.74) is 4.65. The Kier molecular flexibility index (Phi) is 10.3. The molecule has 196 valence electrons. The Labute approximate surface area is 220 Å². The summed E-state index contributed by atoms with van der Waals surface area (Å²) in [5.74, 6) is 0.407. The summed E-state index contributed by atoms with van der Waals surface area (Å²) >= 11 is 0. The van der Waals surface area contributed by atoms with Crippen LogP contribution in [0.1, 0.15) is 57.1 Å². The minimum absolute atomic E-state index is 0.105. The van der Waals surface area contributed by atoms with Crippen molar-refractivity contribution in [2.75, 3.05) is 17.5 Å². The van der Waals surface area contributed by atoms with Gasteiger partial charge < -0.3 is 4.74 Å². The molecule has 0 aliphatic rings. The van der Waals surface area contributed by atoms with Crippen LogP contribution in [-0.4, -0.2) is 33.7 Å². The van der Waals surface area contributed by atoms with Crippen molar-refractivity contribution in [3.63, 3.8) is 0 Å². The van der Waals surface area contributed by atoms with Crippen molar-refractivity contribution in [3.8, 4) is 5.75 Å². The van der Waals surface area contributed by atoms with E-state index in [0.717, 1.165) is 34.7 Å². The Morgan fingerprint density at radius 3 is 2.32 bits per heavy atom. The molecule has 37 heavy (non-hydrogen) atoms. The van der Waals surface area contributed by atoms with Crippen molar-refractivity contribution in [1.82, 2.24) is 5.43 Å². The fourth-order valence-corrected chi connectivity index (χ4v) is 5.09. The number of hydrogen-bond donors (Lipinski definition) is 1. The molecule has 3 rings (SSSR count). The number of ether oxygens (including phenoxy) is 1. The predicted molar refractivity (Wildman–Crippen MR) is 149 cm³/mol. The molecule has 0 spiro atoms. The number of amides is 1. The third-order valence-corrected chi connectivity index (χ3v) is 7.57. The highest BCUT2D eigenvalue weighted by molar-refractivity contribution is 7.92. The summed E-state index contributed by atoms with van der Waals surface area (Å²) in [6, 6.07) is 22.7. The number of carbonyl (C=O) groups excluding carboxylic acids is 1. The van der Waals surface area contributed by atoms with E-state index < -0.39 is 22.5 Å². The molecule has 3 aromatic carbocycles. The lowest BCUT2D eigenvalue weighted by Crippen LogP contribution is -2.39. The van der Waals surface area contributed by atoms with E-state index in [1.165, 1.54) is 18.3 Å². The second kappa shape index (κ2) is 13.6. The van der Waals surface area contributed by atoms with Crippen molar-refractivity contribution in [2.24, 2.45) is 5.10 Å². The number of carbonyl (C=O) groups is 1. The standard InChI is InChI=1S/C29H35N3O4S/c1-4-5-11-20-36-28-15-10-9-12-25(28)21-30-31-29(33)22-32(26-18-16-24(17-19-26)23(2)3)37(34,35)27-13-7-6-8-14-27/h6-10,12-19,21,23H,4-5,11,20,22H2,1-3H3,(H,31,33). The molecule has 7 nitrogen and oxygen atoms in total. The first kappa shape index (κ1) is 27.9. The van der Waals surface area contributed by atoms with E-state index in [9.17, 15) is 13.2 Å². The van der Waals surface area contributed by atoms with E-state index in [2.05, 4.69) is 31.3 Å². The van der Waals surface area contributed by atoms with E-state index in [4.69, 9.17) is 4.74 Å². The molecule has 8 heteroatoms. The fourth-order valence-electron chi connectivity index (χ4n) is 3.65. The minimum Gasteiger partial charge on any atom is -0.493 e. The highest BCUT2D eigenvalue weighted by atomic mass is 32.2. The SMILES string of the molecule is CCCCCOc1ccccc1C=NNC(=O)CN(c1ccc(C(C)C)cc1)S(=O)(=O)c1ccccc1. The normalized spacial score (nSPS) is 11.6. The van der Waals surface area contributed by atoms with E-state index >= 15 is 0 Å². The summed E-state index contributed by atoms with van der Waals surface area (Å²) < 4.78 is 33.9. The molecule has 0 aliphatic heterocycles. The second-order valence-electron chi connectivity index (χ2n) is 8.96. The molecule has 0 saturated carbocycles. The quantitative estimate of drug-likeness (QED) is 0.177. The molecule has 1 amide bonds. The van der Waals surface area contributed by atoms with Gasteiger partial charge in [0.2, 0.25) is 0 Å². The van der Waals surface area contributed by atoms with Gasteiger partial charge in [0.05, 0.1) is 23.4 Å². The van der Waals surface area contributed by atoms with Crippen LogP contribution in [-0.2, 0) is 14.8 Å². The highest BCUT2D eigenvalue weighted by Crippen LogP contribution is 2.25. The summed E-state index contributed by atoms with van der Waals surface area (Å²) in [5, 5.41) is 4.06. The molecular weight excluding hydrogens is 486 g/mol. The molecule has 0 saturated heterocycles. The number of nitrogens with zero attached hydrogens (tertiary/aromatic N) is 2.